The van der Waals surface area contributed by atoms with Crippen molar-refractivity contribution in [2.75, 3.05) is 0 Å². The largest absolute Gasteiger partial charge is 0.468 e. The average molecular weight is 145 g/mol. The molecule has 0 aliphatic carbocycles. The highest BCUT2D eigenvalue weighted by atomic mass is 35.5. The highest BCUT2D eigenvalue weighted by Crippen LogP contribution is 2.09. The van der Waals surface area contributed by atoms with Crippen molar-refractivity contribution in [1.29, 1.82) is 0 Å². The first kappa shape index (κ1) is 6.69. The number of alkyl halides is 1. The van der Waals surface area contributed by atoms with E-state index in [0.29, 0.717) is 5.88 Å². The summed E-state index contributed by atoms with van der Waals surface area (Å²) in [5, 5.41) is 0. The van der Waals surface area contributed by atoms with Crippen LogP contribution in [-0.2, 0) is 12.3 Å². The summed E-state index contributed by atoms with van der Waals surface area (Å²) < 4.78 is 5.07. The van der Waals surface area contributed by atoms with E-state index < -0.39 is 0 Å². The van der Waals surface area contributed by atoms with Crippen LogP contribution in [0.4, 0.5) is 0 Å². The van der Waals surface area contributed by atoms with Crippen molar-refractivity contribution in [2.45, 2.75) is 19.2 Å². The Kier molecular flexibility index (Phi) is 2.17. The Morgan fingerprint density at radius 1 is 1.67 bits per heavy atom. The minimum atomic E-state index is 0.472. The molecule has 0 N–H and O–H groups in total. The molecule has 0 aliphatic rings. The van der Waals surface area contributed by atoms with Crippen molar-refractivity contribution in [2.24, 2.45) is 0 Å². The topological polar surface area (TPSA) is 13.1 Å². The van der Waals surface area contributed by atoms with Crippen LogP contribution in [-0.4, -0.2) is 0 Å². The molecule has 0 bridgehead atoms. The van der Waals surface area contributed by atoms with Gasteiger partial charge in [0.25, 0.3) is 0 Å². The lowest BCUT2D eigenvalue weighted by Gasteiger charge is -1.79. The molecule has 1 rings (SSSR count). The molecular weight excluding hydrogens is 136 g/mol. The smallest absolute Gasteiger partial charge is 0.118 e. The molecule has 1 heterocycles. The van der Waals surface area contributed by atoms with Crippen molar-refractivity contribution in [3.05, 3.63) is 23.7 Å². The summed E-state index contributed by atoms with van der Waals surface area (Å²) in [6.45, 7) is 2.09. The van der Waals surface area contributed by atoms with Gasteiger partial charge in [-0.3, -0.25) is 0 Å². The van der Waals surface area contributed by atoms with Gasteiger partial charge in [-0.15, -0.1) is 11.6 Å². The molecule has 0 unspecified atom stereocenters. The molecular formula is C7H9ClO. The van der Waals surface area contributed by atoms with Gasteiger partial charge in [-0.2, -0.15) is 0 Å². The molecule has 0 amide bonds. The van der Waals surface area contributed by atoms with E-state index in [-0.39, 0.29) is 0 Å². The minimum absolute atomic E-state index is 0.472. The van der Waals surface area contributed by atoms with Gasteiger partial charge in [-0.05, 0) is 18.1 Å². The van der Waals surface area contributed by atoms with Crippen LogP contribution in [0.3, 0.4) is 0 Å². The fourth-order valence-corrected chi connectivity index (χ4v) is 0.822. The molecule has 0 aliphatic heterocycles. The Morgan fingerprint density at radius 3 is 2.78 bits per heavy atom. The van der Waals surface area contributed by atoms with Crippen molar-refractivity contribution in [3.63, 3.8) is 0 Å². The maximum absolute atomic E-state index is 5.50. The van der Waals surface area contributed by atoms with Gasteiger partial charge >= 0.3 is 0 Å². The molecule has 0 saturated heterocycles. The number of rotatable bonds is 2. The van der Waals surface area contributed by atoms with E-state index in [1.165, 1.54) is 5.56 Å². The molecule has 0 spiro atoms. The molecule has 0 fully saturated rings. The zero-order chi connectivity index (χ0) is 6.69. The van der Waals surface area contributed by atoms with E-state index in [4.69, 9.17) is 16.0 Å². The summed E-state index contributed by atoms with van der Waals surface area (Å²) in [6.07, 6.45) is 2.76. The van der Waals surface area contributed by atoms with Gasteiger partial charge in [-0.1, -0.05) is 6.92 Å². The van der Waals surface area contributed by atoms with Crippen molar-refractivity contribution >= 4 is 11.6 Å². The summed E-state index contributed by atoms with van der Waals surface area (Å²) >= 11 is 5.50. The van der Waals surface area contributed by atoms with Crippen LogP contribution in [0.5, 0.6) is 0 Å². The third kappa shape index (κ3) is 1.49. The van der Waals surface area contributed by atoms with E-state index in [9.17, 15) is 0 Å². The summed E-state index contributed by atoms with van der Waals surface area (Å²) in [6, 6.07) is 1.98. The predicted octanol–water partition coefficient (Wildman–Crippen LogP) is 2.58. The zero-order valence-corrected chi connectivity index (χ0v) is 6.11. The molecule has 1 aromatic rings. The second kappa shape index (κ2) is 2.92. The summed E-state index contributed by atoms with van der Waals surface area (Å²) in [7, 11) is 0. The minimum Gasteiger partial charge on any atom is -0.468 e. The lowest BCUT2D eigenvalue weighted by Crippen LogP contribution is -1.70. The van der Waals surface area contributed by atoms with Gasteiger partial charge in [0.1, 0.15) is 5.76 Å². The first-order chi connectivity index (χ1) is 4.36. The Bertz CT molecular complexity index is 162. The molecule has 0 aromatic carbocycles. The third-order valence-electron chi connectivity index (χ3n) is 1.25. The lowest BCUT2D eigenvalue weighted by molar-refractivity contribution is 0.527. The van der Waals surface area contributed by atoms with E-state index in [2.05, 4.69) is 6.92 Å². The lowest BCUT2D eigenvalue weighted by atomic mass is 10.2. The Morgan fingerprint density at radius 2 is 2.44 bits per heavy atom. The maximum Gasteiger partial charge on any atom is 0.118 e. The van der Waals surface area contributed by atoms with Crippen LogP contribution < -0.4 is 0 Å². The highest BCUT2D eigenvalue weighted by Gasteiger charge is 1.95. The van der Waals surface area contributed by atoms with E-state index in [0.717, 1.165) is 12.2 Å². The SMILES string of the molecule is CCc1coc(CCl)c1. The van der Waals surface area contributed by atoms with Gasteiger partial charge in [0.05, 0.1) is 12.1 Å². The van der Waals surface area contributed by atoms with Crippen LogP contribution in [0.1, 0.15) is 18.2 Å². The van der Waals surface area contributed by atoms with Gasteiger partial charge in [0.15, 0.2) is 0 Å². The van der Waals surface area contributed by atoms with Crippen LogP contribution in [0.2, 0.25) is 0 Å². The average Bonchev–Trinajstić information content (AvgIpc) is 2.34. The summed E-state index contributed by atoms with van der Waals surface area (Å²) in [5.74, 6) is 1.33. The van der Waals surface area contributed by atoms with Gasteiger partial charge in [0, 0.05) is 0 Å². The van der Waals surface area contributed by atoms with Crippen molar-refractivity contribution < 1.29 is 4.42 Å². The highest BCUT2D eigenvalue weighted by molar-refractivity contribution is 6.16. The third-order valence-corrected chi connectivity index (χ3v) is 1.51. The normalized spacial score (nSPS) is 10.0. The van der Waals surface area contributed by atoms with E-state index in [1.807, 2.05) is 6.07 Å². The molecule has 9 heavy (non-hydrogen) atoms. The fraction of sp³-hybridized carbons (Fsp3) is 0.429. The van der Waals surface area contributed by atoms with Crippen LogP contribution in [0.25, 0.3) is 0 Å². The molecule has 1 nitrogen and oxygen atoms in total. The first-order valence-electron chi connectivity index (χ1n) is 2.99. The second-order valence-corrected chi connectivity index (χ2v) is 2.18. The van der Waals surface area contributed by atoms with E-state index >= 15 is 0 Å². The van der Waals surface area contributed by atoms with Gasteiger partial charge in [0.2, 0.25) is 0 Å². The molecule has 0 atom stereocenters. The fourth-order valence-electron chi connectivity index (χ4n) is 0.682. The number of halogens is 1. The Hall–Kier alpha value is -0.430. The van der Waals surface area contributed by atoms with Crippen LogP contribution >= 0.6 is 11.6 Å². The van der Waals surface area contributed by atoms with Crippen LogP contribution in [0, 0.1) is 0 Å². The molecule has 2 heteroatoms. The molecule has 50 valence electrons. The molecule has 0 saturated carbocycles. The first-order valence-corrected chi connectivity index (χ1v) is 3.52. The Balaban J connectivity index is 2.74. The molecule has 0 radical (unpaired) electrons. The van der Waals surface area contributed by atoms with Gasteiger partial charge < -0.3 is 4.42 Å². The number of hydrogen-bond donors (Lipinski definition) is 0. The van der Waals surface area contributed by atoms with Gasteiger partial charge in [-0.25, -0.2) is 0 Å². The quantitative estimate of drug-likeness (QED) is 0.582. The standard InChI is InChI=1S/C7H9ClO/c1-2-6-3-7(4-8)9-5-6/h3,5H,2,4H2,1H3. The summed E-state index contributed by atoms with van der Waals surface area (Å²) in [5.41, 5.74) is 1.21. The maximum atomic E-state index is 5.50. The monoisotopic (exact) mass is 144 g/mol. The van der Waals surface area contributed by atoms with E-state index in [1.54, 1.807) is 6.26 Å². The van der Waals surface area contributed by atoms with Crippen LogP contribution in [0.15, 0.2) is 16.7 Å². The second-order valence-electron chi connectivity index (χ2n) is 1.91. The Labute approximate surface area is 59.6 Å². The predicted molar refractivity (Wildman–Crippen MR) is 37.6 cm³/mol. The number of hydrogen-bond acceptors (Lipinski definition) is 1. The number of aryl methyl sites for hydroxylation is 1. The van der Waals surface area contributed by atoms with Crippen molar-refractivity contribution in [3.8, 4) is 0 Å². The van der Waals surface area contributed by atoms with Crippen molar-refractivity contribution in [1.82, 2.24) is 0 Å². The molecule has 1 aromatic heterocycles. The zero-order valence-electron chi connectivity index (χ0n) is 5.36. The number of furan rings is 1. The summed E-state index contributed by atoms with van der Waals surface area (Å²) in [4.78, 5) is 0.